The van der Waals surface area contributed by atoms with Gasteiger partial charge in [0.2, 0.25) is 0 Å². The van der Waals surface area contributed by atoms with Crippen LogP contribution in [0.3, 0.4) is 0 Å². The highest BCUT2D eigenvalue weighted by Gasteiger charge is 2.05. The Labute approximate surface area is 105 Å². The second-order valence-corrected chi connectivity index (χ2v) is 3.87. The van der Waals surface area contributed by atoms with Crippen molar-refractivity contribution in [3.63, 3.8) is 0 Å². The first-order chi connectivity index (χ1) is 8.17. The third-order valence-electron chi connectivity index (χ3n) is 2.09. The number of rotatable bonds is 6. The number of aliphatic hydroxyl groups is 1. The van der Waals surface area contributed by atoms with Gasteiger partial charge in [-0.15, -0.1) is 0 Å². The van der Waals surface area contributed by atoms with Gasteiger partial charge in [0.05, 0.1) is 17.7 Å². The molecule has 0 amide bonds. The van der Waals surface area contributed by atoms with Crippen LogP contribution in [0.25, 0.3) is 0 Å². The summed E-state index contributed by atoms with van der Waals surface area (Å²) in [5.74, 6) is 0.565. The quantitative estimate of drug-likeness (QED) is 0.804. The molecular weight excluding hydrogens is 242 g/mol. The molecule has 0 aliphatic rings. The highest BCUT2D eigenvalue weighted by atomic mass is 35.5. The Bertz CT molecular complexity index is 406. The molecule has 5 nitrogen and oxygen atoms in total. The van der Waals surface area contributed by atoms with Gasteiger partial charge < -0.3 is 15.2 Å². The van der Waals surface area contributed by atoms with Crippen molar-refractivity contribution in [2.75, 3.05) is 25.6 Å². The second kappa shape index (κ2) is 7.07. The van der Waals surface area contributed by atoms with Gasteiger partial charge in [0.25, 0.3) is 0 Å². The zero-order chi connectivity index (χ0) is 12.7. The Morgan fingerprint density at radius 2 is 2.41 bits per heavy atom. The average molecular weight is 256 g/mol. The standard InChI is InChI=1S/C11H14ClN3O2/c1-17-7-8(16)4-5-14-11-3-2-9(12)10(6-13)15-11/h2-3,8,16H,4-5,7H2,1H3,(H,14,15). The van der Waals surface area contributed by atoms with Gasteiger partial charge in [-0.05, 0) is 18.6 Å². The fraction of sp³-hybridized carbons (Fsp3) is 0.455. The van der Waals surface area contributed by atoms with E-state index in [4.69, 9.17) is 21.6 Å². The topological polar surface area (TPSA) is 78.2 Å². The third kappa shape index (κ3) is 4.57. The molecule has 0 aliphatic heterocycles. The minimum Gasteiger partial charge on any atom is -0.391 e. The molecule has 1 heterocycles. The van der Waals surface area contributed by atoms with Gasteiger partial charge in [-0.3, -0.25) is 0 Å². The van der Waals surface area contributed by atoms with Crippen molar-refractivity contribution in [2.24, 2.45) is 0 Å². The van der Waals surface area contributed by atoms with E-state index in [2.05, 4.69) is 10.3 Å². The Hall–Kier alpha value is -1.35. The zero-order valence-corrected chi connectivity index (χ0v) is 10.2. The van der Waals surface area contributed by atoms with Crippen molar-refractivity contribution in [1.82, 2.24) is 4.98 Å². The molecule has 0 aromatic carbocycles. The fourth-order valence-electron chi connectivity index (χ4n) is 1.26. The molecule has 0 bridgehead atoms. The van der Waals surface area contributed by atoms with E-state index >= 15 is 0 Å². The molecule has 1 aromatic rings. The number of methoxy groups -OCH3 is 1. The molecule has 0 saturated heterocycles. The molecule has 1 aromatic heterocycles. The molecule has 0 spiro atoms. The molecule has 0 radical (unpaired) electrons. The number of hydrogen-bond donors (Lipinski definition) is 2. The number of nitrogens with zero attached hydrogens (tertiary/aromatic N) is 2. The molecule has 1 atom stereocenters. The predicted octanol–water partition coefficient (Wildman–Crippen LogP) is 1.42. The number of ether oxygens (including phenoxy) is 1. The van der Waals surface area contributed by atoms with Gasteiger partial charge in [0.1, 0.15) is 11.9 Å². The third-order valence-corrected chi connectivity index (χ3v) is 2.40. The lowest BCUT2D eigenvalue weighted by Crippen LogP contribution is -2.18. The summed E-state index contributed by atoms with van der Waals surface area (Å²) in [4.78, 5) is 4.02. The zero-order valence-electron chi connectivity index (χ0n) is 9.48. The normalized spacial score (nSPS) is 11.9. The summed E-state index contributed by atoms with van der Waals surface area (Å²) in [6, 6.07) is 5.20. The minimum absolute atomic E-state index is 0.189. The maximum Gasteiger partial charge on any atom is 0.161 e. The average Bonchev–Trinajstić information content (AvgIpc) is 2.31. The summed E-state index contributed by atoms with van der Waals surface area (Å²) >= 11 is 5.75. The van der Waals surface area contributed by atoms with Crippen molar-refractivity contribution in [3.8, 4) is 6.07 Å². The van der Waals surface area contributed by atoms with Crippen molar-refractivity contribution in [1.29, 1.82) is 5.26 Å². The first-order valence-electron chi connectivity index (χ1n) is 5.15. The maximum atomic E-state index is 9.41. The first-order valence-corrected chi connectivity index (χ1v) is 5.52. The highest BCUT2D eigenvalue weighted by Crippen LogP contribution is 2.15. The van der Waals surface area contributed by atoms with Crippen LogP contribution in [-0.2, 0) is 4.74 Å². The Morgan fingerprint density at radius 1 is 1.65 bits per heavy atom. The van der Waals surface area contributed by atoms with Crippen LogP contribution in [0.1, 0.15) is 12.1 Å². The van der Waals surface area contributed by atoms with Crippen molar-refractivity contribution < 1.29 is 9.84 Å². The number of nitrogens with one attached hydrogen (secondary N) is 1. The number of aliphatic hydroxyl groups excluding tert-OH is 1. The SMILES string of the molecule is COCC(O)CCNc1ccc(Cl)c(C#N)n1. The molecule has 17 heavy (non-hydrogen) atoms. The predicted molar refractivity (Wildman–Crippen MR) is 65.0 cm³/mol. The van der Waals surface area contributed by atoms with Crippen LogP contribution in [-0.4, -0.2) is 36.5 Å². The number of nitriles is 1. The number of hydrogen-bond acceptors (Lipinski definition) is 5. The summed E-state index contributed by atoms with van der Waals surface area (Å²) in [5.41, 5.74) is 0.189. The fourth-order valence-corrected chi connectivity index (χ4v) is 1.41. The van der Waals surface area contributed by atoms with E-state index in [1.807, 2.05) is 6.07 Å². The highest BCUT2D eigenvalue weighted by molar-refractivity contribution is 6.31. The van der Waals surface area contributed by atoms with Crippen LogP contribution >= 0.6 is 11.6 Å². The van der Waals surface area contributed by atoms with E-state index in [9.17, 15) is 5.11 Å². The lowest BCUT2D eigenvalue weighted by atomic mass is 10.2. The second-order valence-electron chi connectivity index (χ2n) is 3.46. The van der Waals surface area contributed by atoms with Crippen LogP contribution in [0, 0.1) is 11.3 Å². The summed E-state index contributed by atoms with van der Waals surface area (Å²) in [5, 5.41) is 21.5. The minimum atomic E-state index is -0.504. The Kier molecular flexibility index (Phi) is 5.70. The molecule has 0 aliphatic carbocycles. The largest absolute Gasteiger partial charge is 0.391 e. The number of aromatic nitrogens is 1. The van der Waals surface area contributed by atoms with E-state index in [1.165, 1.54) is 7.11 Å². The van der Waals surface area contributed by atoms with E-state index in [1.54, 1.807) is 12.1 Å². The van der Waals surface area contributed by atoms with Gasteiger partial charge in [0.15, 0.2) is 5.69 Å². The van der Waals surface area contributed by atoms with E-state index in [0.29, 0.717) is 30.4 Å². The first kappa shape index (κ1) is 13.7. The van der Waals surface area contributed by atoms with E-state index < -0.39 is 6.10 Å². The van der Waals surface area contributed by atoms with E-state index in [0.717, 1.165) is 0 Å². The van der Waals surface area contributed by atoms with Gasteiger partial charge in [-0.2, -0.15) is 5.26 Å². The summed E-state index contributed by atoms with van der Waals surface area (Å²) in [6.07, 6.45) is 0.0373. The molecule has 1 unspecified atom stereocenters. The molecule has 1 rings (SSSR count). The van der Waals surface area contributed by atoms with Crippen LogP contribution < -0.4 is 5.32 Å². The lowest BCUT2D eigenvalue weighted by Gasteiger charge is -2.10. The number of pyridine rings is 1. The van der Waals surface area contributed by atoms with Crippen LogP contribution in [0.15, 0.2) is 12.1 Å². The molecule has 0 saturated carbocycles. The van der Waals surface area contributed by atoms with Gasteiger partial charge in [-0.1, -0.05) is 11.6 Å². The Morgan fingerprint density at radius 3 is 3.06 bits per heavy atom. The van der Waals surface area contributed by atoms with Gasteiger partial charge in [-0.25, -0.2) is 4.98 Å². The van der Waals surface area contributed by atoms with Crippen LogP contribution in [0.4, 0.5) is 5.82 Å². The number of halogens is 1. The summed E-state index contributed by atoms with van der Waals surface area (Å²) in [7, 11) is 1.54. The van der Waals surface area contributed by atoms with Crippen LogP contribution in [0.2, 0.25) is 5.02 Å². The number of anilines is 1. The van der Waals surface area contributed by atoms with Gasteiger partial charge in [0, 0.05) is 13.7 Å². The van der Waals surface area contributed by atoms with Crippen LogP contribution in [0.5, 0.6) is 0 Å². The van der Waals surface area contributed by atoms with Crippen molar-refractivity contribution >= 4 is 17.4 Å². The summed E-state index contributed by atoms with van der Waals surface area (Å²) in [6.45, 7) is 0.850. The molecule has 92 valence electrons. The van der Waals surface area contributed by atoms with Crippen molar-refractivity contribution in [2.45, 2.75) is 12.5 Å². The summed E-state index contributed by atoms with van der Waals surface area (Å²) < 4.78 is 4.80. The van der Waals surface area contributed by atoms with E-state index in [-0.39, 0.29) is 5.69 Å². The maximum absolute atomic E-state index is 9.41. The molecule has 0 fully saturated rings. The molecule has 6 heteroatoms. The van der Waals surface area contributed by atoms with Gasteiger partial charge >= 0.3 is 0 Å². The lowest BCUT2D eigenvalue weighted by molar-refractivity contribution is 0.0615. The van der Waals surface area contributed by atoms with Crippen molar-refractivity contribution in [3.05, 3.63) is 22.8 Å². The smallest absolute Gasteiger partial charge is 0.161 e. The molecule has 2 N–H and O–H groups in total. The molecular formula is C11H14ClN3O2. The monoisotopic (exact) mass is 255 g/mol. The Balaban J connectivity index is 2.45.